The Morgan fingerprint density at radius 1 is 0.861 bits per heavy atom. The van der Waals surface area contributed by atoms with Crippen molar-refractivity contribution in [3.8, 4) is 22.8 Å². The third-order valence-electron chi connectivity index (χ3n) is 5.55. The molecule has 0 aliphatic rings. The van der Waals surface area contributed by atoms with Crippen molar-refractivity contribution in [3.05, 3.63) is 118 Å². The van der Waals surface area contributed by atoms with Gasteiger partial charge < -0.3 is 4.74 Å². The Balaban J connectivity index is 1.61. The lowest BCUT2D eigenvalue weighted by molar-refractivity contribution is -0.384. The molecule has 36 heavy (non-hydrogen) atoms. The van der Waals surface area contributed by atoms with Crippen LogP contribution in [-0.4, -0.2) is 21.6 Å². The highest BCUT2D eigenvalue weighted by molar-refractivity contribution is 5.81. The van der Waals surface area contributed by atoms with E-state index in [0.29, 0.717) is 39.5 Å². The lowest BCUT2D eigenvalue weighted by atomic mass is 10.1. The number of hydrogen-bond acceptors (Lipinski definition) is 7. The number of aromatic nitrogens is 2. The Morgan fingerprint density at radius 2 is 1.53 bits per heavy atom. The molecule has 0 saturated carbocycles. The maximum absolute atomic E-state index is 13.6. The Hall–Kier alpha value is -5.18. The van der Waals surface area contributed by atoms with Crippen molar-refractivity contribution in [1.82, 2.24) is 9.55 Å². The normalized spacial score (nSPS) is 11.1. The number of nitro benzene ring substituents is 1. The molecule has 0 aliphatic carbocycles. The van der Waals surface area contributed by atoms with Crippen LogP contribution in [0.15, 0.2) is 112 Å². The largest absolute Gasteiger partial charge is 0.494 e. The molecular formula is C27H19N5O4. The molecule has 9 nitrogen and oxygen atoms in total. The van der Waals surface area contributed by atoms with Gasteiger partial charge >= 0.3 is 0 Å². The molecule has 0 bridgehead atoms. The van der Waals surface area contributed by atoms with Crippen LogP contribution >= 0.6 is 0 Å². The summed E-state index contributed by atoms with van der Waals surface area (Å²) >= 11 is 0. The van der Waals surface area contributed by atoms with Crippen molar-refractivity contribution in [3.63, 3.8) is 0 Å². The number of para-hydroxylation sites is 1. The standard InChI is InChI=1S/C27H19N5O4/c1-36-25-17-20(30-29-19-11-14-21(15-12-19)32(34)35)13-16-24(25)31-26(18-7-3-2-4-8-18)28-23-10-6-5-9-22(23)27(31)33/h2-17H,1H3. The average Bonchev–Trinajstić information content (AvgIpc) is 2.92. The second-order valence-corrected chi connectivity index (χ2v) is 7.79. The fourth-order valence-electron chi connectivity index (χ4n) is 3.81. The molecule has 176 valence electrons. The van der Waals surface area contributed by atoms with E-state index in [1.54, 1.807) is 30.3 Å². The molecule has 9 heteroatoms. The summed E-state index contributed by atoms with van der Waals surface area (Å²) in [4.78, 5) is 28.8. The summed E-state index contributed by atoms with van der Waals surface area (Å²) in [5.41, 5.74) is 2.59. The lowest BCUT2D eigenvalue weighted by Gasteiger charge is -2.16. The number of hydrogen-bond donors (Lipinski definition) is 0. The van der Waals surface area contributed by atoms with Crippen molar-refractivity contribution in [2.45, 2.75) is 0 Å². The van der Waals surface area contributed by atoms with Crippen LogP contribution < -0.4 is 10.3 Å². The summed E-state index contributed by atoms with van der Waals surface area (Å²) in [5, 5.41) is 19.7. The monoisotopic (exact) mass is 477 g/mol. The summed E-state index contributed by atoms with van der Waals surface area (Å²) in [7, 11) is 1.51. The molecule has 1 heterocycles. The fourth-order valence-corrected chi connectivity index (χ4v) is 3.81. The number of fused-ring (bicyclic) bond motifs is 1. The predicted octanol–water partition coefficient (Wildman–Crippen LogP) is 6.38. The maximum atomic E-state index is 13.6. The number of ether oxygens (including phenoxy) is 1. The van der Waals surface area contributed by atoms with E-state index in [0.717, 1.165) is 5.56 Å². The quantitative estimate of drug-likeness (QED) is 0.160. The SMILES string of the molecule is COc1cc(N=Nc2ccc([N+](=O)[O-])cc2)ccc1-n1c(-c2ccccc2)nc2ccccc2c1=O. The van der Waals surface area contributed by atoms with Gasteiger partial charge in [0, 0.05) is 23.8 Å². The Bertz CT molecular complexity index is 1660. The molecule has 0 unspecified atom stereocenters. The van der Waals surface area contributed by atoms with Gasteiger partial charge in [-0.1, -0.05) is 42.5 Å². The molecule has 0 aliphatic heterocycles. The number of benzene rings is 4. The van der Waals surface area contributed by atoms with Gasteiger partial charge in [0.25, 0.3) is 11.2 Å². The summed E-state index contributed by atoms with van der Waals surface area (Å²) in [5.74, 6) is 0.893. The van der Waals surface area contributed by atoms with E-state index in [-0.39, 0.29) is 11.2 Å². The van der Waals surface area contributed by atoms with Gasteiger partial charge in [-0.15, -0.1) is 0 Å². The van der Waals surface area contributed by atoms with E-state index in [2.05, 4.69) is 10.2 Å². The lowest BCUT2D eigenvalue weighted by Crippen LogP contribution is -2.22. The number of nitrogens with zero attached hydrogens (tertiary/aromatic N) is 5. The molecule has 5 rings (SSSR count). The van der Waals surface area contributed by atoms with Gasteiger partial charge in [-0.3, -0.25) is 19.5 Å². The van der Waals surface area contributed by atoms with Gasteiger partial charge in [0.1, 0.15) is 11.6 Å². The second kappa shape index (κ2) is 9.59. The summed E-state index contributed by atoms with van der Waals surface area (Å²) < 4.78 is 7.16. The molecule has 0 N–H and O–H groups in total. The van der Waals surface area contributed by atoms with Gasteiger partial charge in [0.05, 0.1) is 40.0 Å². The van der Waals surface area contributed by atoms with Gasteiger partial charge in [0.15, 0.2) is 0 Å². The van der Waals surface area contributed by atoms with E-state index in [1.165, 1.54) is 35.9 Å². The van der Waals surface area contributed by atoms with Crippen molar-refractivity contribution in [1.29, 1.82) is 0 Å². The molecular weight excluding hydrogens is 458 g/mol. The first-order chi connectivity index (χ1) is 17.5. The molecule has 1 aromatic heterocycles. The minimum Gasteiger partial charge on any atom is -0.494 e. The Kier molecular flexibility index (Phi) is 6.02. The first-order valence-electron chi connectivity index (χ1n) is 11.0. The van der Waals surface area contributed by atoms with Crippen molar-refractivity contribution >= 4 is 28.0 Å². The van der Waals surface area contributed by atoms with E-state index in [4.69, 9.17) is 9.72 Å². The van der Waals surface area contributed by atoms with Crippen molar-refractivity contribution in [2.24, 2.45) is 10.2 Å². The van der Waals surface area contributed by atoms with Crippen molar-refractivity contribution in [2.75, 3.05) is 7.11 Å². The summed E-state index contributed by atoms with van der Waals surface area (Å²) in [6.45, 7) is 0. The number of methoxy groups -OCH3 is 1. The highest BCUT2D eigenvalue weighted by Gasteiger charge is 2.17. The number of non-ortho nitro benzene ring substituents is 1. The van der Waals surface area contributed by atoms with Crippen LogP contribution in [0.3, 0.4) is 0 Å². The zero-order valence-electron chi connectivity index (χ0n) is 19.1. The highest BCUT2D eigenvalue weighted by Crippen LogP contribution is 2.32. The average molecular weight is 477 g/mol. The Morgan fingerprint density at radius 3 is 2.25 bits per heavy atom. The minimum atomic E-state index is -0.474. The molecule has 0 atom stereocenters. The zero-order valence-corrected chi connectivity index (χ0v) is 19.1. The van der Waals surface area contributed by atoms with Crippen LogP contribution in [-0.2, 0) is 0 Å². The molecule has 0 fully saturated rings. The number of rotatable bonds is 6. The number of azo groups is 1. The molecule has 0 saturated heterocycles. The van der Waals surface area contributed by atoms with Gasteiger partial charge in [-0.05, 0) is 36.4 Å². The van der Waals surface area contributed by atoms with E-state index >= 15 is 0 Å². The van der Waals surface area contributed by atoms with Gasteiger partial charge in [-0.2, -0.15) is 10.2 Å². The predicted molar refractivity (Wildman–Crippen MR) is 137 cm³/mol. The van der Waals surface area contributed by atoms with Gasteiger partial charge in [-0.25, -0.2) is 4.98 Å². The molecule has 0 radical (unpaired) electrons. The van der Waals surface area contributed by atoms with E-state index < -0.39 is 4.92 Å². The highest BCUT2D eigenvalue weighted by atomic mass is 16.6. The van der Waals surface area contributed by atoms with Crippen LogP contribution in [0, 0.1) is 10.1 Å². The second-order valence-electron chi connectivity index (χ2n) is 7.79. The van der Waals surface area contributed by atoms with Crippen LogP contribution in [0.5, 0.6) is 5.75 Å². The van der Waals surface area contributed by atoms with Crippen LogP contribution in [0.4, 0.5) is 17.1 Å². The van der Waals surface area contributed by atoms with E-state index in [1.807, 2.05) is 42.5 Å². The Labute approximate surface area is 205 Å². The van der Waals surface area contributed by atoms with Gasteiger partial charge in [0.2, 0.25) is 0 Å². The third kappa shape index (κ3) is 4.32. The first-order valence-corrected chi connectivity index (χ1v) is 11.0. The topological polar surface area (TPSA) is 112 Å². The molecule has 4 aromatic carbocycles. The van der Waals surface area contributed by atoms with Crippen LogP contribution in [0.2, 0.25) is 0 Å². The summed E-state index contributed by atoms with van der Waals surface area (Å²) in [6.07, 6.45) is 0. The minimum absolute atomic E-state index is 0.0244. The maximum Gasteiger partial charge on any atom is 0.269 e. The molecule has 5 aromatic rings. The van der Waals surface area contributed by atoms with Crippen molar-refractivity contribution < 1.29 is 9.66 Å². The molecule has 0 spiro atoms. The number of nitro groups is 1. The fraction of sp³-hybridized carbons (Fsp3) is 0.0370. The third-order valence-corrected chi connectivity index (χ3v) is 5.55. The van der Waals surface area contributed by atoms with E-state index in [9.17, 15) is 14.9 Å². The van der Waals surface area contributed by atoms with Crippen LogP contribution in [0.25, 0.3) is 28.0 Å². The zero-order chi connectivity index (χ0) is 25.1. The first kappa shape index (κ1) is 22.6. The molecule has 0 amide bonds. The summed E-state index contributed by atoms with van der Waals surface area (Å²) in [6, 6.07) is 27.5. The van der Waals surface area contributed by atoms with Crippen LogP contribution in [0.1, 0.15) is 0 Å². The smallest absolute Gasteiger partial charge is 0.269 e.